The topological polar surface area (TPSA) is 110 Å². The monoisotopic (exact) mass is 459 g/mol. The van der Waals surface area contributed by atoms with E-state index in [0.29, 0.717) is 36.1 Å². The molecule has 2 atom stereocenters. The van der Waals surface area contributed by atoms with Gasteiger partial charge in [-0.3, -0.25) is 0 Å². The fourth-order valence-corrected chi connectivity index (χ4v) is 4.61. The summed E-state index contributed by atoms with van der Waals surface area (Å²) in [5.41, 5.74) is 0.438. The van der Waals surface area contributed by atoms with Crippen molar-refractivity contribution < 1.29 is 14.7 Å². The molecule has 180 valence electrons. The molecule has 0 bridgehead atoms. The standard InChI is InChI=1S/C23H34FN7O2/c1-15-13-18(11-12-31(15)33)30(2)23-28-21(25-16-7-5-3-4-6-8-16)27-22(29-23)26-17-9-10-20(32)19(24)14-17/h9-10,14-16,18,32-33H,3-8,11-13H2,1-2H3,(H2,25,26,27,28,29). The highest BCUT2D eigenvalue weighted by Gasteiger charge is 2.29. The number of anilines is 4. The average molecular weight is 460 g/mol. The molecule has 2 fully saturated rings. The van der Waals surface area contributed by atoms with E-state index in [1.54, 1.807) is 6.07 Å². The van der Waals surface area contributed by atoms with Crippen LogP contribution in [-0.2, 0) is 0 Å². The summed E-state index contributed by atoms with van der Waals surface area (Å²) in [4.78, 5) is 15.9. The maximum absolute atomic E-state index is 13.8. The molecular formula is C23H34FN7O2. The second-order valence-corrected chi connectivity index (χ2v) is 9.21. The van der Waals surface area contributed by atoms with Gasteiger partial charge in [0.25, 0.3) is 0 Å². The first-order valence-electron chi connectivity index (χ1n) is 11.9. The first kappa shape index (κ1) is 23.4. The van der Waals surface area contributed by atoms with Gasteiger partial charge in [-0.15, -0.1) is 0 Å². The number of hydrogen-bond acceptors (Lipinski definition) is 9. The molecule has 2 aromatic rings. The molecule has 1 aliphatic carbocycles. The molecule has 0 amide bonds. The Balaban J connectivity index is 1.59. The Hall–Kier alpha value is -2.72. The van der Waals surface area contributed by atoms with Crippen molar-refractivity contribution in [1.29, 1.82) is 0 Å². The number of nitrogens with zero attached hydrogens (tertiary/aromatic N) is 5. The number of halogens is 1. The van der Waals surface area contributed by atoms with Crippen molar-refractivity contribution in [3.05, 3.63) is 24.0 Å². The van der Waals surface area contributed by atoms with Gasteiger partial charge in [0.2, 0.25) is 17.8 Å². The number of aromatic nitrogens is 3. The minimum Gasteiger partial charge on any atom is -0.505 e. The molecule has 2 unspecified atom stereocenters. The average Bonchev–Trinajstić information content (AvgIpc) is 3.06. The van der Waals surface area contributed by atoms with Crippen molar-refractivity contribution in [2.75, 3.05) is 29.1 Å². The smallest absolute Gasteiger partial charge is 0.233 e. The van der Waals surface area contributed by atoms with Crippen molar-refractivity contribution in [3.8, 4) is 5.75 Å². The predicted octanol–water partition coefficient (Wildman–Crippen LogP) is 4.27. The molecule has 1 aliphatic heterocycles. The van der Waals surface area contributed by atoms with Crippen LogP contribution in [0.15, 0.2) is 18.2 Å². The molecule has 1 saturated heterocycles. The predicted molar refractivity (Wildman–Crippen MR) is 126 cm³/mol. The normalized spacial score (nSPS) is 22.5. The lowest BCUT2D eigenvalue weighted by molar-refractivity contribution is -0.139. The van der Waals surface area contributed by atoms with E-state index in [-0.39, 0.29) is 12.1 Å². The van der Waals surface area contributed by atoms with Gasteiger partial charge in [-0.2, -0.15) is 20.0 Å². The van der Waals surface area contributed by atoms with Crippen LogP contribution in [-0.4, -0.2) is 62.0 Å². The number of benzene rings is 1. The SMILES string of the molecule is CC1CC(N(C)c2nc(Nc3ccc(O)c(F)c3)nc(NC3CCCCCC3)n2)CCN1O. The minimum atomic E-state index is -0.715. The van der Waals surface area contributed by atoms with Gasteiger partial charge >= 0.3 is 0 Å². The zero-order chi connectivity index (χ0) is 23.4. The van der Waals surface area contributed by atoms with Crippen molar-refractivity contribution >= 4 is 23.5 Å². The van der Waals surface area contributed by atoms with E-state index < -0.39 is 11.6 Å². The molecule has 1 saturated carbocycles. The number of phenolic OH excluding ortho intramolecular Hbond substituents is 1. The first-order valence-corrected chi connectivity index (χ1v) is 11.9. The third kappa shape index (κ3) is 6.00. The molecule has 2 aliphatic rings. The summed E-state index contributed by atoms with van der Waals surface area (Å²) in [5.74, 6) is 0.199. The summed E-state index contributed by atoms with van der Waals surface area (Å²) >= 11 is 0. The van der Waals surface area contributed by atoms with Gasteiger partial charge in [0, 0.05) is 43.5 Å². The lowest BCUT2D eigenvalue weighted by atomic mass is 9.99. The molecule has 10 heteroatoms. The molecule has 0 radical (unpaired) electrons. The maximum Gasteiger partial charge on any atom is 0.233 e. The molecule has 1 aromatic heterocycles. The fourth-order valence-electron chi connectivity index (χ4n) is 4.61. The van der Waals surface area contributed by atoms with Crippen LogP contribution in [0.25, 0.3) is 0 Å². The Bertz CT molecular complexity index is 939. The van der Waals surface area contributed by atoms with Crippen LogP contribution in [0.5, 0.6) is 5.75 Å². The molecular weight excluding hydrogens is 425 g/mol. The highest BCUT2D eigenvalue weighted by Crippen LogP contribution is 2.27. The van der Waals surface area contributed by atoms with Crippen molar-refractivity contribution in [3.63, 3.8) is 0 Å². The van der Waals surface area contributed by atoms with E-state index >= 15 is 0 Å². The maximum atomic E-state index is 13.8. The van der Waals surface area contributed by atoms with Crippen molar-refractivity contribution in [1.82, 2.24) is 20.0 Å². The van der Waals surface area contributed by atoms with Crippen LogP contribution in [0.1, 0.15) is 58.3 Å². The van der Waals surface area contributed by atoms with Crippen LogP contribution >= 0.6 is 0 Å². The van der Waals surface area contributed by atoms with Crippen LogP contribution in [0.2, 0.25) is 0 Å². The number of hydrogen-bond donors (Lipinski definition) is 4. The largest absolute Gasteiger partial charge is 0.505 e. The summed E-state index contributed by atoms with van der Waals surface area (Å²) in [5, 5.41) is 27.3. The molecule has 33 heavy (non-hydrogen) atoms. The zero-order valence-corrected chi connectivity index (χ0v) is 19.3. The van der Waals surface area contributed by atoms with Crippen molar-refractivity contribution in [2.45, 2.75) is 76.4 Å². The quantitative estimate of drug-likeness (QED) is 0.372. The molecule has 0 spiro atoms. The van der Waals surface area contributed by atoms with Gasteiger partial charge < -0.3 is 25.8 Å². The second-order valence-electron chi connectivity index (χ2n) is 9.21. The lowest BCUT2D eigenvalue weighted by Gasteiger charge is -2.38. The third-order valence-corrected chi connectivity index (χ3v) is 6.69. The van der Waals surface area contributed by atoms with Gasteiger partial charge in [0.1, 0.15) is 0 Å². The van der Waals surface area contributed by atoms with Gasteiger partial charge in [-0.1, -0.05) is 25.7 Å². The zero-order valence-electron chi connectivity index (χ0n) is 19.3. The fraction of sp³-hybridized carbons (Fsp3) is 0.609. The summed E-state index contributed by atoms with van der Waals surface area (Å²) in [6.07, 6.45) is 8.62. The minimum absolute atomic E-state index is 0.0502. The van der Waals surface area contributed by atoms with Crippen LogP contribution in [0.3, 0.4) is 0 Å². The van der Waals surface area contributed by atoms with Crippen LogP contribution in [0.4, 0.5) is 27.9 Å². The van der Waals surface area contributed by atoms with Gasteiger partial charge in [-0.25, -0.2) is 4.39 Å². The van der Waals surface area contributed by atoms with E-state index in [1.165, 1.54) is 42.9 Å². The van der Waals surface area contributed by atoms with Gasteiger partial charge in [0.05, 0.1) is 0 Å². The Morgan fingerprint density at radius 2 is 1.79 bits per heavy atom. The number of nitrogens with one attached hydrogen (secondary N) is 2. The molecule has 9 nitrogen and oxygen atoms in total. The summed E-state index contributed by atoms with van der Waals surface area (Å²) in [6, 6.07) is 4.61. The third-order valence-electron chi connectivity index (χ3n) is 6.69. The number of hydroxylamine groups is 2. The van der Waals surface area contributed by atoms with E-state index in [9.17, 15) is 14.7 Å². The Morgan fingerprint density at radius 3 is 2.48 bits per heavy atom. The molecule has 2 heterocycles. The number of piperidine rings is 1. The van der Waals surface area contributed by atoms with Crippen molar-refractivity contribution in [2.24, 2.45) is 0 Å². The molecule has 4 rings (SSSR count). The molecule has 1 aromatic carbocycles. The summed E-state index contributed by atoms with van der Waals surface area (Å²) in [7, 11) is 1.96. The number of aromatic hydroxyl groups is 1. The lowest BCUT2D eigenvalue weighted by Crippen LogP contribution is -2.47. The first-order chi connectivity index (χ1) is 15.9. The van der Waals surface area contributed by atoms with Crippen LogP contribution < -0.4 is 15.5 Å². The van der Waals surface area contributed by atoms with E-state index in [1.807, 2.05) is 18.9 Å². The van der Waals surface area contributed by atoms with Gasteiger partial charge in [-0.05, 0) is 44.7 Å². The van der Waals surface area contributed by atoms with Crippen LogP contribution in [0, 0.1) is 5.82 Å². The highest BCUT2D eigenvalue weighted by molar-refractivity contribution is 5.57. The summed E-state index contributed by atoms with van der Waals surface area (Å²) < 4.78 is 13.8. The summed E-state index contributed by atoms with van der Waals surface area (Å²) in [6.45, 7) is 2.59. The molecule has 4 N–H and O–H groups in total. The highest BCUT2D eigenvalue weighted by atomic mass is 19.1. The van der Waals surface area contributed by atoms with E-state index in [4.69, 9.17) is 4.98 Å². The van der Waals surface area contributed by atoms with E-state index in [0.717, 1.165) is 25.7 Å². The Labute approximate surface area is 194 Å². The second kappa shape index (κ2) is 10.5. The number of phenols is 1. The Kier molecular flexibility index (Phi) is 7.44. The van der Waals surface area contributed by atoms with Gasteiger partial charge in [0.15, 0.2) is 11.6 Å². The Morgan fingerprint density at radius 1 is 1.06 bits per heavy atom. The van der Waals surface area contributed by atoms with E-state index in [2.05, 4.69) is 20.6 Å². The number of rotatable bonds is 6.